The number of rotatable bonds is 11. The molecule has 3 N–H and O–H groups in total. The minimum absolute atomic E-state index is 0.701. The minimum Gasteiger partial charge on any atom is -0.494 e. The molecule has 23 heavy (non-hydrogen) atoms. The molecule has 0 aliphatic carbocycles. The Morgan fingerprint density at radius 2 is 1.48 bits per heavy atom. The van der Waals surface area contributed by atoms with Crippen LogP contribution in [0.5, 0.6) is 5.75 Å². The van der Waals surface area contributed by atoms with Crippen LogP contribution in [-0.4, -0.2) is 32.8 Å². The van der Waals surface area contributed by atoms with Gasteiger partial charge in [-0.1, -0.05) is 36.4 Å². The summed E-state index contributed by atoms with van der Waals surface area (Å²) in [7, 11) is 0. The van der Waals surface area contributed by atoms with Crippen LogP contribution in [0.1, 0.15) is 12.5 Å². The molecule has 0 saturated heterocycles. The van der Waals surface area contributed by atoms with E-state index in [0.29, 0.717) is 6.61 Å². The van der Waals surface area contributed by atoms with E-state index >= 15 is 0 Å². The van der Waals surface area contributed by atoms with Gasteiger partial charge >= 0.3 is 0 Å². The maximum absolute atomic E-state index is 5.63. The molecule has 2 aromatic carbocycles. The average Bonchev–Trinajstić information content (AvgIpc) is 2.60. The Hall–Kier alpha value is -2.04. The fourth-order valence-corrected chi connectivity index (χ4v) is 2.32. The molecule has 0 heterocycles. The fourth-order valence-electron chi connectivity index (χ4n) is 2.32. The lowest BCUT2D eigenvalue weighted by molar-refractivity contribution is 0.335. The van der Waals surface area contributed by atoms with Gasteiger partial charge in [0.15, 0.2) is 0 Å². The van der Waals surface area contributed by atoms with Gasteiger partial charge in [0.05, 0.1) is 6.61 Å². The van der Waals surface area contributed by atoms with Crippen LogP contribution in [0, 0.1) is 0 Å². The van der Waals surface area contributed by atoms with Crippen LogP contribution in [0.15, 0.2) is 54.6 Å². The molecule has 0 spiro atoms. The predicted octanol–water partition coefficient (Wildman–Crippen LogP) is 2.88. The second kappa shape index (κ2) is 10.6. The zero-order valence-electron chi connectivity index (χ0n) is 13.8. The highest BCUT2D eigenvalue weighted by atomic mass is 16.5. The molecule has 4 heteroatoms. The molecule has 124 valence electrons. The first-order chi connectivity index (χ1) is 11.4. The van der Waals surface area contributed by atoms with Crippen molar-refractivity contribution < 1.29 is 4.74 Å². The van der Waals surface area contributed by atoms with E-state index in [9.17, 15) is 0 Å². The standard InChI is InChI=1S/C19H27N3O/c1-2-23-19-11-7-6-8-17(19)16-21-13-12-20-14-15-22-18-9-4-3-5-10-18/h3-11,20-22H,2,12-16H2,1H3. The lowest BCUT2D eigenvalue weighted by atomic mass is 10.2. The second-order valence-electron chi connectivity index (χ2n) is 5.26. The van der Waals surface area contributed by atoms with Crippen molar-refractivity contribution in [3.8, 4) is 5.75 Å². The quantitative estimate of drug-likeness (QED) is 0.558. The lowest BCUT2D eigenvalue weighted by Gasteiger charge is -2.11. The summed E-state index contributed by atoms with van der Waals surface area (Å²) in [5.74, 6) is 0.975. The molecule has 0 saturated carbocycles. The Morgan fingerprint density at radius 1 is 0.783 bits per heavy atom. The lowest BCUT2D eigenvalue weighted by Crippen LogP contribution is -2.30. The predicted molar refractivity (Wildman–Crippen MR) is 97.1 cm³/mol. The minimum atomic E-state index is 0.701. The first-order valence-corrected chi connectivity index (χ1v) is 8.31. The summed E-state index contributed by atoms with van der Waals surface area (Å²) in [6, 6.07) is 18.5. The van der Waals surface area contributed by atoms with Crippen LogP contribution in [0.3, 0.4) is 0 Å². The summed E-state index contributed by atoms with van der Waals surface area (Å²) >= 11 is 0. The van der Waals surface area contributed by atoms with E-state index in [-0.39, 0.29) is 0 Å². The maximum atomic E-state index is 5.63. The van der Waals surface area contributed by atoms with Crippen molar-refractivity contribution in [2.24, 2.45) is 0 Å². The van der Waals surface area contributed by atoms with Crippen molar-refractivity contribution in [1.82, 2.24) is 10.6 Å². The van der Waals surface area contributed by atoms with Crippen molar-refractivity contribution in [3.63, 3.8) is 0 Å². The smallest absolute Gasteiger partial charge is 0.123 e. The van der Waals surface area contributed by atoms with Gasteiger partial charge in [-0.05, 0) is 25.1 Å². The Balaban J connectivity index is 1.53. The summed E-state index contributed by atoms with van der Waals surface area (Å²) in [6.07, 6.45) is 0. The number of ether oxygens (including phenoxy) is 1. The zero-order chi connectivity index (χ0) is 16.2. The second-order valence-corrected chi connectivity index (χ2v) is 5.26. The van der Waals surface area contributed by atoms with Gasteiger partial charge in [0.2, 0.25) is 0 Å². The highest BCUT2D eigenvalue weighted by Gasteiger charge is 2.01. The molecule has 0 atom stereocenters. The van der Waals surface area contributed by atoms with Crippen LogP contribution in [0.25, 0.3) is 0 Å². The third-order valence-corrected chi connectivity index (χ3v) is 3.47. The average molecular weight is 313 g/mol. The van der Waals surface area contributed by atoms with Gasteiger partial charge in [0.25, 0.3) is 0 Å². The first-order valence-electron chi connectivity index (χ1n) is 8.31. The van der Waals surface area contributed by atoms with Crippen LogP contribution in [-0.2, 0) is 6.54 Å². The van der Waals surface area contributed by atoms with E-state index in [0.717, 1.165) is 38.5 Å². The Morgan fingerprint density at radius 3 is 2.30 bits per heavy atom. The summed E-state index contributed by atoms with van der Waals surface area (Å²) in [5.41, 5.74) is 2.38. The number of nitrogens with one attached hydrogen (secondary N) is 3. The zero-order valence-corrected chi connectivity index (χ0v) is 13.8. The molecule has 0 bridgehead atoms. The van der Waals surface area contributed by atoms with Crippen molar-refractivity contribution in [1.29, 1.82) is 0 Å². The molecule has 0 fully saturated rings. The van der Waals surface area contributed by atoms with E-state index in [4.69, 9.17) is 4.74 Å². The van der Waals surface area contributed by atoms with Crippen molar-refractivity contribution >= 4 is 5.69 Å². The number of hydrogen-bond donors (Lipinski definition) is 3. The molecule has 0 unspecified atom stereocenters. The summed E-state index contributed by atoms with van der Waals surface area (Å²) < 4.78 is 5.63. The van der Waals surface area contributed by atoms with E-state index in [1.807, 2.05) is 43.3 Å². The van der Waals surface area contributed by atoms with Crippen LogP contribution < -0.4 is 20.7 Å². The number of benzene rings is 2. The van der Waals surface area contributed by atoms with Gasteiger partial charge < -0.3 is 20.7 Å². The van der Waals surface area contributed by atoms with Gasteiger partial charge in [0, 0.05) is 44.0 Å². The number of para-hydroxylation sites is 2. The molecule has 4 nitrogen and oxygen atoms in total. The fraction of sp³-hybridized carbons (Fsp3) is 0.368. The van der Waals surface area contributed by atoms with E-state index in [2.05, 4.69) is 34.1 Å². The van der Waals surface area contributed by atoms with Gasteiger partial charge in [0.1, 0.15) is 5.75 Å². The van der Waals surface area contributed by atoms with Crippen molar-refractivity contribution in [3.05, 3.63) is 60.2 Å². The first kappa shape index (κ1) is 17.3. The van der Waals surface area contributed by atoms with Gasteiger partial charge in [-0.3, -0.25) is 0 Å². The van der Waals surface area contributed by atoms with E-state index in [1.165, 1.54) is 11.3 Å². The third-order valence-electron chi connectivity index (χ3n) is 3.47. The van der Waals surface area contributed by atoms with Crippen molar-refractivity contribution in [2.45, 2.75) is 13.5 Å². The Kier molecular flexibility index (Phi) is 8.02. The molecule has 2 aromatic rings. The molecular formula is C19H27N3O. The number of hydrogen-bond acceptors (Lipinski definition) is 4. The topological polar surface area (TPSA) is 45.3 Å². The Labute approximate surface area is 139 Å². The van der Waals surface area contributed by atoms with Crippen LogP contribution >= 0.6 is 0 Å². The summed E-state index contributed by atoms with van der Waals surface area (Å²) in [6.45, 7) is 7.31. The molecule has 0 radical (unpaired) electrons. The molecule has 0 aromatic heterocycles. The molecule has 0 aliphatic heterocycles. The van der Waals surface area contributed by atoms with E-state index < -0.39 is 0 Å². The highest BCUT2D eigenvalue weighted by molar-refractivity contribution is 5.42. The summed E-state index contributed by atoms with van der Waals surface area (Å²) in [4.78, 5) is 0. The molecule has 2 rings (SSSR count). The third kappa shape index (κ3) is 6.72. The van der Waals surface area contributed by atoms with Crippen LogP contribution in [0.2, 0.25) is 0 Å². The van der Waals surface area contributed by atoms with Gasteiger partial charge in [-0.25, -0.2) is 0 Å². The Bertz CT molecular complexity index is 545. The molecular weight excluding hydrogens is 286 g/mol. The summed E-state index contributed by atoms with van der Waals surface area (Å²) in [5, 5.41) is 10.3. The normalized spacial score (nSPS) is 10.5. The number of anilines is 1. The van der Waals surface area contributed by atoms with Crippen molar-refractivity contribution in [2.75, 3.05) is 38.1 Å². The molecule has 0 amide bonds. The molecule has 0 aliphatic rings. The monoisotopic (exact) mass is 313 g/mol. The van der Waals surface area contributed by atoms with Gasteiger partial charge in [-0.2, -0.15) is 0 Å². The maximum Gasteiger partial charge on any atom is 0.123 e. The van der Waals surface area contributed by atoms with Crippen LogP contribution in [0.4, 0.5) is 5.69 Å². The van der Waals surface area contributed by atoms with Gasteiger partial charge in [-0.15, -0.1) is 0 Å². The SMILES string of the molecule is CCOc1ccccc1CNCCNCCNc1ccccc1. The largest absolute Gasteiger partial charge is 0.494 e. The van der Waals surface area contributed by atoms with E-state index in [1.54, 1.807) is 0 Å². The highest BCUT2D eigenvalue weighted by Crippen LogP contribution is 2.17.